The second kappa shape index (κ2) is 9.81. The van der Waals surface area contributed by atoms with E-state index in [1.165, 1.54) is 13.8 Å². The lowest BCUT2D eigenvalue weighted by Gasteiger charge is -2.58. The van der Waals surface area contributed by atoms with E-state index >= 15 is 0 Å². The van der Waals surface area contributed by atoms with Crippen molar-refractivity contribution in [3.05, 3.63) is 30.1 Å². The molecule has 0 amide bonds. The Hall–Kier alpha value is -1.99. The maximum Gasteiger partial charge on any atom is 0.302 e. The highest BCUT2D eigenvalue weighted by Gasteiger charge is 2.64. The smallest absolute Gasteiger partial charge is 0.302 e. The van der Waals surface area contributed by atoms with Crippen molar-refractivity contribution >= 4 is 11.9 Å². The monoisotopic (exact) mass is 486 g/mol. The minimum Gasteiger partial charge on any atom is -0.466 e. The van der Waals surface area contributed by atoms with Crippen LogP contribution in [0.5, 0.6) is 0 Å². The summed E-state index contributed by atoms with van der Waals surface area (Å²) in [6, 6.07) is 5.78. The average molecular weight is 487 g/mol. The van der Waals surface area contributed by atoms with Crippen LogP contribution in [0.15, 0.2) is 24.4 Å². The SMILES string of the molecule is CC(=O)OC[C@H]1C[C@@H](OC(C)=O)CC[C@]1(C)[C@H]1CC[C@@]2(C)[C@@H](CC[C@@]2(O)c2ccccn2)[C@@H]1CN. The first-order valence-corrected chi connectivity index (χ1v) is 13.2. The summed E-state index contributed by atoms with van der Waals surface area (Å²) in [6.07, 6.45) is 7.47. The molecule has 3 aliphatic rings. The molecular formula is C28H42N2O5. The van der Waals surface area contributed by atoms with Gasteiger partial charge in [-0.25, -0.2) is 0 Å². The molecule has 35 heavy (non-hydrogen) atoms. The van der Waals surface area contributed by atoms with Crippen LogP contribution in [0.25, 0.3) is 0 Å². The number of carbonyl (C=O) groups excluding carboxylic acids is 2. The van der Waals surface area contributed by atoms with Crippen LogP contribution in [0, 0.1) is 34.5 Å². The van der Waals surface area contributed by atoms with E-state index in [9.17, 15) is 14.7 Å². The average Bonchev–Trinajstić information content (AvgIpc) is 3.10. The molecule has 0 bridgehead atoms. The van der Waals surface area contributed by atoms with Gasteiger partial charge in [0.25, 0.3) is 0 Å². The number of esters is 2. The predicted molar refractivity (Wildman–Crippen MR) is 132 cm³/mol. The van der Waals surface area contributed by atoms with Gasteiger partial charge >= 0.3 is 11.9 Å². The summed E-state index contributed by atoms with van der Waals surface area (Å²) >= 11 is 0. The summed E-state index contributed by atoms with van der Waals surface area (Å²) in [6.45, 7) is 8.33. The minimum atomic E-state index is -0.956. The topological polar surface area (TPSA) is 112 Å². The van der Waals surface area contributed by atoms with Gasteiger partial charge in [0.05, 0.1) is 12.3 Å². The Balaban J connectivity index is 1.62. The van der Waals surface area contributed by atoms with Crippen molar-refractivity contribution in [1.82, 2.24) is 4.98 Å². The van der Waals surface area contributed by atoms with Gasteiger partial charge in [-0.05, 0) is 86.8 Å². The van der Waals surface area contributed by atoms with Crippen molar-refractivity contribution in [3.8, 4) is 0 Å². The summed E-state index contributed by atoms with van der Waals surface area (Å²) in [5.41, 5.74) is 5.93. The third-order valence-corrected chi connectivity index (χ3v) is 10.1. The fraction of sp³-hybridized carbons (Fsp3) is 0.750. The van der Waals surface area contributed by atoms with Gasteiger partial charge in [-0.3, -0.25) is 14.6 Å². The van der Waals surface area contributed by atoms with Crippen LogP contribution >= 0.6 is 0 Å². The number of rotatable bonds is 6. The molecule has 0 saturated heterocycles. The van der Waals surface area contributed by atoms with Crippen LogP contribution in [0.2, 0.25) is 0 Å². The number of pyridine rings is 1. The first kappa shape index (κ1) is 26.1. The van der Waals surface area contributed by atoms with E-state index < -0.39 is 5.60 Å². The maximum atomic E-state index is 12.0. The second-order valence-corrected chi connectivity index (χ2v) is 11.7. The number of nitrogens with two attached hydrogens (primary N) is 1. The van der Waals surface area contributed by atoms with Crippen molar-refractivity contribution in [1.29, 1.82) is 0 Å². The van der Waals surface area contributed by atoms with Crippen molar-refractivity contribution in [2.24, 2.45) is 40.2 Å². The van der Waals surface area contributed by atoms with Gasteiger partial charge in [0.15, 0.2) is 0 Å². The Kier molecular flexibility index (Phi) is 7.31. The van der Waals surface area contributed by atoms with Crippen LogP contribution in [-0.2, 0) is 24.7 Å². The molecule has 194 valence electrons. The molecule has 0 aliphatic heterocycles. The maximum absolute atomic E-state index is 12.0. The lowest BCUT2D eigenvalue weighted by molar-refractivity contribution is -0.167. The quantitative estimate of drug-likeness (QED) is 0.585. The highest BCUT2D eigenvalue weighted by Crippen LogP contribution is 2.67. The molecule has 1 aromatic heterocycles. The molecule has 1 aromatic rings. The molecule has 3 saturated carbocycles. The summed E-state index contributed by atoms with van der Waals surface area (Å²) in [4.78, 5) is 27.9. The molecule has 0 spiro atoms. The van der Waals surface area contributed by atoms with Crippen molar-refractivity contribution < 1.29 is 24.2 Å². The first-order chi connectivity index (χ1) is 16.5. The fourth-order valence-corrected chi connectivity index (χ4v) is 8.17. The summed E-state index contributed by atoms with van der Waals surface area (Å²) in [5, 5.41) is 12.0. The summed E-state index contributed by atoms with van der Waals surface area (Å²) in [7, 11) is 0. The third kappa shape index (κ3) is 4.50. The van der Waals surface area contributed by atoms with E-state index in [-0.39, 0.29) is 46.6 Å². The molecule has 3 N–H and O–H groups in total. The highest BCUT2D eigenvalue weighted by molar-refractivity contribution is 5.66. The standard InChI is InChI=1S/C28H42N2O5/c1-18(31)34-17-20-15-21(35-19(2)32)8-11-26(20,3)23-9-12-27(4)24(22(23)16-29)10-13-28(27,33)25-7-5-6-14-30-25/h5-7,14,20-24,33H,8-13,15-17,29H2,1-4H3/t20-,21+,22-,23+,24+,26+,27+,28-/m1/s1. The second-order valence-electron chi connectivity index (χ2n) is 11.7. The third-order valence-electron chi connectivity index (χ3n) is 10.1. The fourth-order valence-electron chi connectivity index (χ4n) is 8.17. The van der Waals surface area contributed by atoms with Crippen LogP contribution in [-0.4, -0.2) is 41.3 Å². The van der Waals surface area contributed by atoms with Gasteiger partial charge in [-0.1, -0.05) is 19.9 Å². The molecule has 8 atom stereocenters. The van der Waals surface area contributed by atoms with Gasteiger partial charge in [0.1, 0.15) is 11.7 Å². The minimum absolute atomic E-state index is 0.0870. The number of carbonyl (C=O) groups is 2. The largest absolute Gasteiger partial charge is 0.466 e. The van der Waals surface area contributed by atoms with Gasteiger partial charge in [-0.15, -0.1) is 0 Å². The normalized spacial score (nSPS) is 41.1. The summed E-state index contributed by atoms with van der Waals surface area (Å²) in [5.74, 6) is 0.416. The lowest BCUT2D eigenvalue weighted by atomic mass is 9.48. The zero-order chi connectivity index (χ0) is 25.4. The van der Waals surface area contributed by atoms with Gasteiger partial charge in [-0.2, -0.15) is 0 Å². The molecule has 0 radical (unpaired) electrons. The Morgan fingerprint density at radius 1 is 1.09 bits per heavy atom. The number of aromatic nitrogens is 1. The van der Waals surface area contributed by atoms with E-state index in [0.29, 0.717) is 31.9 Å². The zero-order valence-corrected chi connectivity index (χ0v) is 21.7. The van der Waals surface area contributed by atoms with Gasteiger partial charge < -0.3 is 20.3 Å². The molecule has 3 aliphatic carbocycles. The van der Waals surface area contributed by atoms with Gasteiger partial charge in [0.2, 0.25) is 0 Å². The van der Waals surface area contributed by atoms with Crippen molar-refractivity contribution in [2.75, 3.05) is 13.2 Å². The highest BCUT2D eigenvalue weighted by atomic mass is 16.5. The van der Waals surface area contributed by atoms with E-state index in [4.69, 9.17) is 15.2 Å². The number of nitrogens with zero attached hydrogens (tertiary/aromatic N) is 1. The molecule has 1 heterocycles. The Labute approximate surface area is 209 Å². The molecule has 7 heteroatoms. The van der Waals surface area contributed by atoms with Crippen LogP contribution in [0.3, 0.4) is 0 Å². The van der Waals surface area contributed by atoms with E-state index in [1.807, 2.05) is 18.2 Å². The summed E-state index contributed by atoms with van der Waals surface area (Å²) < 4.78 is 11.1. The Morgan fingerprint density at radius 3 is 2.46 bits per heavy atom. The predicted octanol–water partition coefficient (Wildman–Crippen LogP) is 3.97. The van der Waals surface area contributed by atoms with E-state index in [0.717, 1.165) is 37.8 Å². The molecule has 0 aromatic carbocycles. The number of aliphatic hydroxyl groups is 1. The first-order valence-electron chi connectivity index (χ1n) is 13.2. The lowest BCUT2D eigenvalue weighted by Crippen LogP contribution is -2.56. The Bertz CT molecular complexity index is 925. The van der Waals surface area contributed by atoms with E-state index in [1.54, 1.807) is 6.20 Å². The van der Waals surface area contributed by atoms with Crippen LogP contribution < -0.4 is 5.73 Å². The molecule has 4 rings (SSSR count). The molecule has 0 unspecified atom stereocenters. The van der Waals surface area contributed by atoms with Crippen molar-refractivity contribution in [2.45, 2.75) is 84.3 Å². The van der Waals surface area contributed by atoms with Crippen LogP contribution in [0.1, 0.15) is 78.3 Å². The molecule has 7 nitrogen and oxygen atoms in total. The Morgan fingerprint density at radius 2 is 1.83 bits per heavy atom. The molecule has 3 fully saturated rings. The van der Waals surface area contributed by atoms with Gasteiger partial charge in [0, 0.05) is 31.4 Å². The molecular weight excluding hydrogens is 444 g/mol. The number of hydrogen-bond donors (Lipinski definition) is 2. The number of fused-ring (bicyclic) bond motifs is 1. The number of ether oxygens (including phenoxy) is 2. The van der Waals surface area contributed by atoms with E-state index in [2.05, 4.69) is 18.8 Å². The zero-order valence-electron chi connectivity index (χ0n) is 21.7. The van der Waals surface area contributed by atoms with Crippen molar-refractivity contribution in [3.63, 3.8) is 0 Å². The number of hydrogen-bond acceptors (Lipinski definition) is 7. The van der Waals surface area contributed by atoms with Crippen LogP contribution in [0.4, 0.5) is 0 Å².